The van der Waals surface area contributed by atoms with Crippen LogP contribution in [0.15, 0.2) is 29.3 Å². The Balaban J connectivity index is 0.00000420. The van der Waals surface area contributed by atoms with Gasteiger partial charge in [0.1, 0.15) is 0 Å². The van der Waals surface area contributed by atoms with Gasteiger partial charge >= 0.3 is 0 Å². The number of piperazine rings is 1. The third kappa shape index (κ3) is 9.66. The first-order valence-corrected chi connectivity index (χ1v) is 11.0. The molecule has 0 spiro atoms. The van der Waals surface area contributed by atoms with E-state index in [-0.39, 0.29) is 24.0 Å². The Morgan fingerprint density at radius 3 is 2.21 bits per heavy atom. The van der Waals surface area contributed by atoms with Gasteiger partial charge in [-0.3, -0.25) is 4.99 Å². The lowest BCUT2D eigenvalue weighted by Gasteiger charge is -2.35. The normalized spacial score (nSPS) is 18.0. The van der Waals surface area contributed by atoms with Gasteiger partial charge in [-0.25, -0.2) is 0 Å². The van der Waals surface area contributed by atoms with E-state index in [1.54, 1.807) is 0 Å². The average molecular weight is 516 g/mol. The SMILES string of the molecule is CCNC(=NCC(C)CN1CCN(CC)CC1)NCC(C)c1ccc(C)cc1.I. The molecule has 1 aromatic rings. The number of nitrogens with one attached hydrogen (secondary N) is 2. The fourth-order valence-electron chi connectivity index (χ4n) is 3.64. The first-order chi connectivity index (χ1) is 13.5. The van der Waals surface area contributed by atoms with E-state index < -0.39 is 0 Å². The second kappa shape index (κ2) is 14.2. The number of rotatable bonds is 9. The molecule has 0 aliphatic carbocycles. The Morgan fingerprint density at radius 2 is 1.62 bits per heavy atom. The summed E-state index contributed by atoms with van der Waals surface area (Å²) in [6.45, 7) is 20.8. The second-order valence-corrected chi connectivity index (χ2v) is 8.25. The van der Waals surface area contributed by atoms with Gasteiger partial charge in [-0.05, 0) is 37.8 Å². The molecule has 1 saturated heterocycles. The molecule has 1 aromatic carbocycles. The Hall–Kier alpha value is -0.860. The molecule has 6 heteroatoms. The highest BCUT2D eigenvalue weighted by Gasteiger charge is 2.17. The van der Waals surface area contributed by atoms with E-state index in [0.29, 0.717) is 11.8 Å². The van der Waals surface area contributed by atoms with Gasteiger partial charge in [-0.2, -0.15) is 0 Å². The van der Waals surface area contributed by atoms with Gasteiger partial charge < -0.3 is 20.4 Å². The van der Waals surface area contributed by atoms with Crippen molar-refractivity contribution in [3.8, 4) is 0 Å². The minimum atomic E-state index is 0. The van der Waals surface area contributed by atoms with Crippen LogP contribution in [-0.4, -0.2) is 74.7 Å². The maximum absolute atomic E-state index is 4.85. The highest BCUT2D eigenvalue weighted by molar-refractivity contribution is 14.0. The zero-order valence-corrected chi connectivity index (χ0v) is 21.4. The molecule has 0 radical (unpaired) electrons. The number of nitrogens with zero attached hydrogens (tertiary/aromatic N) is 3. The van der Waals surface area contributed by atoms with Crippen LogP contribution in [0.2, 0.25) is 0 Å². The van der Waals surface area contributed by atoms with E-state index in [4.69, 9.17) is 4.99 Å². The summed E-state index contributed by atoms with van der Waals surface area (Å²) < 4.78 is 0. The topological polar surface area (TPSA) is 42.9 Å². The van der Waals surface area contributed by atoms with Crippen LogP contribution in [0.4, 0.5) is 0 Å². The molecule has 1 heterocycles. The molecular weight excluding hydrogens is 473 g/mol. The van der Waals surface area contributed by atoms with Gasteiger partial charge in [0.05, 0.1) is 0 Å². The standard InChI is InChI=1S/C23H41N5.HI/c1-6-24-23(26-17-21(5)22-10-8-19(3)9-11-22)25-16-20(4)18-28-14-12-27(7-2)13-15-28;/h8-11,20-21H,6-7,12-18H2,1-5H3,(H2,24,25,26);1H. The molecule has 0 saturated carbocycles. The molecule has 1 fully saturated rings. The molecule has 1 aliphatic rings. The first kappa shape index (κ1) is 26.2. The number of halogens is 1. The number of aliphatic imine (C=N–C) groups is 1. The van der Waals surface area contributed by atoms with Crippen LogP contribution < -0.4 is 10.6 Å². The average Bonchev–Trinajstić information content (AvgIpc) is 2.71. The number of guanidine groups is 1. The molecule has 0 aromatic heterocycles. The van der Waals surface area contributed by atoms with Crippen molar-refractivity contribution < 1.29 is 0 Å². The molecule has 0 amide bonds. The van der Waals surface area contributed by atoms with E-state index in [0.717, 1.165) is 32.1 Å². The third-order valence-electron chi connectivity index (χ3n) is 5.61. The van der Waals surface area contributed by atoms with Crippen molar-refractivity contribution in [3.63, 3.8) is 0 Å². The molecule has 2 atom stereocenters. The van der Waals surface area contributed by atoms with E-state index in [1.807, 2.05) is 0 Å². The first-order valence-electron chi connectivity index (χ1n) is 11.0. The number of hydrogen-bond donors (Lipinski definition) is 2. The summed E-state index contributed by atoms with van der Waals surface area (Å²) in [4.78, 5) is 9.97. The third-order valence-corrected chi connectivity index (χ3v) is 5.61. The van der Waals surface area contributed by atoms with E-state index in [1.165, 1.54) is 43.9 Å². The Morgan fingerprint density at radius 1 is 1.00 bits per heavy atom. The number of likely N-dealkylation sites (N-methyl/N-ethyl adjacent to an activating group) is 1. The predicted octanol–water partition coefficient (Wildman–Crippen LogP) is 3.55. The molecule has 1 aliphatic heterocycles. The lowest BCUT2D eigenvalue weighted by Crippen LogP contribution is -2.47. The van der Waals surface area contributed by atoms with Gasteiger partial charge in [0.25, 0.3) is 0 Å². The number of hydrogen-bond acceptors (Lipinski definition) is 3. The monoisotopic (exact) mass is 515 g/mol. The largest absolute Gasteiger partial charge is 0.357 e. The predicted molar refractivity (Wildman–Crippen MR) is 137 cm³/mol. The van der Waals surface area contributed by atoms with Gasteiger partial charge in [-0.1, -0.05) is 50.6 Å². The van der Waals surface area contributed by atoms with Crippen LogP contribution >= 0.6 is 24.0 Å². The molecule has 2 rings (SSSR count). The van der Waals surface area contributed by atoms with Crippen molar-refractivity contribution in [2.75, 3.05) is 58.9 Å². The quantitative estimate of drug-likeness (QED) is 0.300. The Labute approximate surface area is 195 Å². The van der Waals surface area contributed by atoms with E-state index in [9.17, 15) is 0 Å². The smallest absolute Gasteiger partial charge is 0.191 e. The van der Waals surface area contributed by atoms with Crippen molar-refractivity contribution in [1.82, 2.24) is 20.4 Å². The van der Waals surface area contributed by atoms with Crippen molar-refractivity contribution in [2.45, 2.75) is 40.5 Å². The second-order valence-electron chi connectivity index (χ2n) is 8.25. The fourth-order valence-corrected chi connectivity index (χ4v) is 3.64. The van der Waals surface area contributed by atoms with Crippen LogP contribution in [0.3, 0.4) is 0 Å². The van der Waals surface area contributed by atoms with Crippen molar-refractivity contribution in [3.05, 3.63) is 35.4 Å². The summed E-state index contributed by atoms with van der Waals surface area (Å²) >= 11 is 0. The zero-order valence-electron chi connectivity index (χ0n) is 19.1. The molecule has 0 bridgehead atoms. The minimum Gasteiger partial charge on any atom is -0.357 e. The molecular formula is C23H42IN5. The lowest BCUT2D eigenvalue weighted by molar-refractivity contribution is 0.125. The molecule has 29 heavy (non-hydrogen) atoms. The zero-order chi connectivity index (χ0) is 20.4. The molecule has 166 valence electrons. The summed E-state index contributed by atoms with van der Waals surface area (Å²) in [5.41, 5.74) is 2.68. The van der Waals surface area contributed by atoms with Gasteiger partial charge in [-0.15, -0.1) is 24.0 Å². The van der Waals surface area contributed by atoms with Crippen LogP contribution in [0, 0.1) is 12.8 Å². The Kier molecular flexibility index (Phi) is 12.8. The minimum absolute atomic E-state index is 0. The Bertz CT molecular complexity index is 581. The summed E-state index contributed by atoms with van der Waals surface area (Å²) in [5, 5.41) is 6.91. The molecule has 2 unspecified atom stereocenters. The summed E-state index contributed by atoms with van der Waals surface area (Å²) in [6.07, 6.45) is 0. The molecule has 5 nitrogen and oxygen atoms in total. The van der Waals surface area contributed by atoms with Gasteiger partial charge in [0, 0.05) is 52.4 Å². The summed E-state index contributed by atoms with van der Waals surface area (Å²) in [5.74, 6) is 1.96. The summed E-state index contributed by atoms with van der Waals surface area (Å²) in [6, 6.07) is 8.83. The lowest BCUT2D eigenvalue weighted by atomic mass is 10.0. The van der Waals surface area contributed by atoms with Crippen LogP contribution in [0.1, 0.15) is 44.7 Å². The van der Waals surface area contributed by atoms with Crippen LogP contribution in [0.25, 0.3) is 0 Å². The highest BCUT2D eigenvalue weighted by atomic mass is 127. The number of benzene rings is 1. The van der Waals surface area contributed by atoms with Crippen molar-refractivity contribution >= 4 is 29.9 Å². The van der Waals surface area contributed by atoms with E-state index >= 15 is 0 Å². The van der Waals surface area contributed by atoms with Crippen molar-refractivity contribution in [1.29, 1.82) is 0 Å². The maximum Gasteiger partial charge on any atom is 0.191 e. The fraction of sp³-hybridized carbons (Fsp3) is 0.696. The summed E-state index contributed by atoms with van der Waals surface area (Å²) in [7, 11) is 0. The molecule has 2 N–H and O–H groups in total. The van der Waals surface area contributed by atoms with E-state index in [2.05, 4.69) is 79.3 Å². The van der Waals surface area contributed by atoms with Crippen LogP contribution in [0.5, 0.6) is 0 Å². The van der Waals surface area contributed by atoms with Gasteiger partial charge in [0.2, 0.25) is 0 Å². The van der Waals surface area contributed by atoms with Crippen LogP contribution in [-0.2, 0) is 0 Å². The number of aryl methyl sites for hydroxylation is 1. The maximum atomic E-state index is 4.85. The van der Waals surface area contributed by atoms with Crippen molar-refractivity contribution in [2.24, 2.45) is 10.9 Å². The van der Waals surface area contributed by atoms with Gasteiger partial charge in [0.15, 0.2) is 5.96 Å². The highest BCUT2D eigenvalue weighted by Crippen LogP contribution is 2.14.